The van der Waals surface area contributed by atoms with E-state index in [0.717, 1.165) is 10.8 Å². The van der Waals surface area contributed by atoms with E-state index >= 15 is 0 Å². The van der Waals surface area contributed by atoms with Gasteiger partial charge in [0.2, 0.25) is 0 Å². The molecule has 1 saturated heterocycles. The Morgan fingerprint density at radius 2 is 1.96 bits per heavy atom. The van der Waals surface area contributed by atoms with Gasteiger partial charge in [-0.25, -0.2) is 0 Å². The van der Waals surface area contributed by atoms with Crippen LogP contribution in [0.5, 0.6) is 5.75 Å². The average molecular weight is 357 g/mol. The molecule has 2 aromatic carbocycles. The number of fused-ring (bicyclic) bond motifs is 1. The summed E-state index contributed by atoms with van der Waals surface area (Å²) in [6.45, 7) is 0.788. The fourth-order valence-electron chi connectivity index (χ4n) is 2.87. The van der Waals surface area contributed by atoms with Crippen LogP contribution in [-0.2, 0) is 0 Å². The van der Waals surface area contributed by atoms with E-state index in [-0.39, 0.29) is 35.7 Å². The van der Waals surface area contributed by atoms with Crippen LogP contribution in [0.3, 0.4) is 0 Å². The number of carbonyl (C=O) groups is 1. The van der Waals surface area contributed by atoms with Crippen LogP contribution < -0.4 is 10.1 Å². The number of nitrogens with one attached hydrogen (secondary N) is 1. The number of carbonyl (C=O) groups excluding carboxylic acids is 1. The van der Waals surface area contributed by atoms with Gasteiger partial charge in [0.05, 0.1) is 5.56 Å². The molecular formula is C17H19ClF2N2O2. The molecule has 4 nitrogen and oxygen atoms in total. The highest BCUT2D eigenvalue weighted by molar-refractivity contribution is 6.01. The lowest BCUT2D eigenvalue weighted by molar-refractivity contribution is -0.0502. The molecule has 1 N–H and O–H groups in total. The number of benzene rings is 2. The van der Waals surface area contributed by atoms with E-state index in [9.17, 15) is 13.6 Å². The van der Waals surface area contributed by atoms with Crippen molar-refractivity contribution in [2.45, 2.75) is 19.6 Å². The van der Waals surface area contributed by atoms with Gasteiger partial charge in [-0.3, -0.25) is 4.79 Å². The largest absolute Gasteiger partial charge is 0.434 e. The number of alkyl halides is 2. The van der Waals surface area contributed by atoms with Gasteiger partial charge in [0.15, 0.2) is 0 Å². The van der Waals surface area contributed by atoms with Crippen molar-refractivity contribution in [2.75, 3.05) is 19.6 Å². The fourth-order valence-corrected chi connectivity index (χ4v) is 2.87. The molecule has 2 aromatic rings. The maximum absolute atomic E-state index is 12.8. The zero-order valence-corrected chi connectivity index (χ0v) is 14.0. The molecule has 24 heavy (non-hydrogen) atoms. The van der Waals surface area contributed by atoms with Crippen LogP contribution in [0.1, 0.15) is 17.3 Å². The van der Waals surface area contributed by atoms with E-state index in [4.69, 9.17) is 0 Å². The number of hydrogen-bond acceptors (Lipinski definition) is 3. The van der Waals surface area contributed by atoms with Crippen LogP contribution in [0.4, 0.5) is 8.78 Å². The second kappa shape index (κ2) is 7.77. The molecule has 1 atom stereocenters. The van der Waals surface area contributed by atoms with Crippen molar-refractivity contribution in [1.82, 2.24) is 10.2 Å². The SMILES string of the molecule is C[C@@H]1CN(C(=O)c2cc3ccccc3cc2OC(F)F)CCN1.Cl. The molecule has 0 radical (unpaired) electrons. The molecule has 0 saturated carbocycles. The molecule has 0 aromatic heterocycles. The van der Waals surface area contributed by atoms with Gasteiger partial charge in [0.1, 0.15) is 5.75 Å². The van der Waals surface area contributed by atoms with Crippen LogP contribution in [0.15, 0.2) is 36.4 Å². The summed E-state index contributed by atoms with van der Waals surface area (Å²) >= 11 is 0. The summed E-state index contributed by atoms with van der Waals surface area (Å²) in [6.07, 6.45) is 0. The number of rotatable bonds is 3. The fraction of sp³-hybridized carbons (Fsp3) is 0.353. The standard InChI is InChI=1S/C17H18F2N2O2.ClH/c1-11-10-21(7-6-20-11)16(22)14-8-12-4-2-3-5-13(12)9-15(14)23-17(18)19;/h2-5,8-9,11,17,20H,6-7,10H2,1H3;1H/t11-;/m1./s1. The van der Waals surface area contributed by atoms with Crippen LogP contribution in [0.2, 0.25) is 0 Å². The van der Waals surface area contributed by atoms with Crippen molar-refractivity contribution in [3.63, 3.8) is 0 Å². The smallest absolute Gasteiger partial charge is 0.387 e. The molecule has 0 unspecified atom stereocenters. The van der Waals surface area contributed by atoms with Gasteiger partial charge in [-0.15, -0.1) is 12.4 Å². The summed E-state index contributed by atoms with van der Waals surface area (Å²) in [5, 5.41) is 4.83. The molecule has 0 spiro atoms. The molecular weight excluding hydrogens is 338 g/mol. The number of hydrogen-bond donors (Lipinski definition) is 1. The minimum atomic E-state index is -2.97. The first-order chi connectivity index (χ1) is 11.0. The van der Waals surface area contributed by atoms with E-state index in [1.807, 2.05) is 25.1 Å². The molecule has 0 aliphatic carbocycles. The van der Waals surface area contributed by atoms with Crippen molar-refractivity contribution >= 4 is 29.1 Å². The van der Waals surface area contributed by atoms with E-state index in [0.29, 0.717) is 19.6 Å². The lowest BCUT2D eigenvalue weighted by atomic mass is 10.0. The molecule has 130 valence electrons. The predicted octanol–water partition coefficient (Wildman–Crippen LogP) is 3.30. The zero-order chi connectivity index (χ0) is 16.4. The summed E-state index contributed by atoms with van der Waals surface area (Å²) in [7, 11) is 0. The van der Waals surface area contributed by atoms with E-state index in [2.05, 4.69) is 10.1 Å². The molecule has 1 heterocycles. The average Bonchev–Trinajstić information content (AvgIpc) is 2.53. The Bertz CT molecular complexity index is 727. The van der Waals surface area contributed by atoms with Crippen LogP contribution in [0, 0.1) is 0 Å². The molecule has 1 fully saturated rings. The molecule has 1 aliphatic heterocycles. The number of ether oxygens (including phenoxy) is 1. The highest BCUT2D eigenvalue weighted by atomic mass is 35.5. The first kappa shape index (κ1) is 18.4. The first-order valence-electron chi connectivity index (χ1n) is 7.55. The van der Waals surface area contributed by atoms with Gasteiger partial charge in [0.25, 0.3) is 5.91 Å². The molecule has 0 bridgehead atoms. The van der Waals surface area contributed by atoms with Gasteiger partial charge in [-0.2, -0.15) is 8.78 Å². The number of halogens is 3. The van der Waals surface area contributed by atoms with Gasteiger partial charge >= 0.3 is 6.61 Å². The molecule has 1 amide bonds. The third-order valence-corrected chi connectivity index (χ3v) is 3.95. The Labute approximate surface area is 145 Å². The minimum absolute atomic E-state index is 0. The highest BCUT2D eigenvalue weighted by Gasteiger charge is 2.25. The Hall–Kier alpha value is -1.92. The maximum atomic E-state index is 12.8. The Balaban J connectivity index is 0.00000208. The quantitative estimate of drug-likeness (QED) is 0.917. The van der Waals surface area contributed by atoms with Gasteiger partial charge < -0.3 is 15.0 Å². The predicted molar refractivity (Wildman–Crippen MR) is 91.2 cm³/mol. The number of amides is 1. The van der Waals surface area contributed by atoms with E-state index in [1.54, 1.807) is 17.0 Å². The first-order valence-corrected chi connectivity index (χ1v) is 7.55. The topological polar surface area (TPSA) is 41.6 Å². The van der Waals surface area contributed by atoms with Gasteiger partial charge in [-0.1, -0.05) is 24.3 Å². The van der Waals surface area contributed by atoms with Crippen molar-refractivity contribution in [1.29, 1.82) is 0 Å². The maximum Gasteiger partial charge on any atom is 0.387 e. The summed E-state index contributed by atoms with van der Waals surface area (Å²) in [4.78, 5) is 14.4. The monoisotopic (exact) mass is 356 g/mol. The van der Waals surface area contributed by atoms with Crippen LogP contribution in [-0.4, -0.2) is 43.1 Å². The number of piperazine rings is 1. The Morgan fingerprint density at radius 3 is 2.58 bits per heavy atom. The third kappa shape index (κ3) is 3.94. The second-order valence-corrected chi connectivity index (χ2v) is 5.68. The van der Waals surface area contributed by atoms with E-state index < -0.39 is 6.61 Å². The lowest BCUT2D eigenvalue weighted by Gasteiger charge is -2.32. The number of nitrogens with zero attached hydrogens (tertiary/aromatic N) is 1. The molecule has 3 rings (SSSR count). The summed E-state index contributed by atoms with van der Waals surface area (Å²) < 4.78 is 30.0. The summed E-state index contributed by atoms with van der Waals surface area (Å²) in [5.41, 5.74) is 0.179. The Kier molecular flexibility index (Phi) is 5.96. The Morgan fingerprint density at radius 1 is 1.29 bits per heavy atom. The van der Waals surface area contributed by atoms with Crippen molar-refractivity contribution in [3.8, 4) is 5.75 Å². The minimum Gasteiger partial charge on any atom is -0.434 e. The van der Waals surface area contributed by atoms with Crippen molar-refractivity contribution in [3.05, 3.63) is 42.0 Å². The van der Waals surface area contributed by atoms with Crippen LogP contribution >= 0.6 is 12.4 Å². The normalized spacial score (nSPS) is 17.7. The van der Waals surface area contributed by atoms with Crippen molar-refractivity contribution in [2.24, 2.45) is 0 Å². The third-order valence-electron chi connectivity index (χ3n) is 3.95. The van der Waals surface area contributed by atoms with Crippen molar-refractivity contribution < 1.29 is 18.3 Å². The second-order valence-electron chi connectivity index (χ2n) is 5.68. The summed E-state index contributed by atoms with van der Waals surface area (Å²) in [5.74, 6) is -0.352. The zero-order valence-electron chi connectivity index (χ0n) is 13.2. The lowest BCUT2D eigenvalue weighted by Crippen LogP contribution is -2.51. The van der Waals surface area contributed by atoms with E-state index in [1.165, 1.54) is 6.07 Å². The highest BCUT2D eigenvalue weighted by Crippen LogP contribution is 2.28. The van der Waals surface area contributed by atoms with Gasteiger partial charge in [-0.05, 0) is 29.8 Å². The molecule has 1 aliphatic rings. The van der Waals surface area contributed by atoms with Gasteiger partial charge in [0, 0.05) is 25.7 Å². The molecule has 7 heteroatoms. The van der Waals surface area contributed by atoms with Crippen LogP contribution in [0.25, 0.3) is 10.8 Å². The summed E-state index contributed by atoms with van der Waals surface area (Å²) in [6, 6.07) is 10.6.